The van der Waals surface area contributed by atoms with E-state index in [0.29, 0.717) is 24.2 Å². The molecule has 2 aliphatic heterocycles. The topological polar surface area (TPSA) is 95.5 Å². The van der Waals surface area contributed by atoms with Crippen LogP contribution in [0.3, 0.4) is 0 Å². The van der Waals surface area contributed by atoms with Crippen molar-refractivity contribution in [2.75, 3.05) is 19.6 Å². The van der Waals surface area contributed by atoms with Gasteiger partial charge in [-0.15, -0.1) is 0 Å². The molecule has 23 heavy (non-hydrogen) atoms. The van der Waals surface area contributed by atoms with Gasteiger partial charge in [0, 0.05) is 31.0 Å². The second kappa shape index (κ2) is 5.01. The Morgan fingerprint density at radius 2 is 1.87 bits per heavy atom. The van der Waals surface area contributed by atoms with Crippen molar-refractivity contribution in [3.8, 4) is 0 Å². The fourth-order valence-corrected chi connectivity index (χ4v) is 2.87. The molecule has 1 aromatic carbocycles. The number of benzene rings is 1. The maximum atomic E-state index is 12.5. The van der Waals surface area contributed by atoms with Gasteiger partial charge in [0.1, 0.15) is 0 Å². The van der Waals surface area contributed by atoms with E-state index in [1.807, 2.05) is 0 Å². The van der Waals surface area contributed by atoms with Crippen LogP contribution in [0.1, 0.15) is 10.4 Å². The molecule has 1 N–H and O–H groups in total. The minimum atomic E-state index is -0.381. The zero-order chi connectivity index (χ0) is 16.0. The molecule has 0 unspecified atom stereocenters. The zero-order valence-electron chi connectivity index (χ0n) is 12.1. The molecule has 8 nitrogen and oxygen atoms in total. The predicted octanol–water partition coefficient (Wildman–Crippen LogP) is 0.00600. The highest BCUT2D eigenvalue weighted by atomic mass is 16.2. The van der Waals surface area contributed by atoms with Crippen LogP contribution in [-0.2, 0) is 4.79 Å². The average Bonchev–Trinajstić information content (AvgIpc) is 2.85. The van der Waals surface area contributed by atoms with Gasteiger partial charge in [-0.2, -0.15) is 0 Å². The van der Waals surface area contributed by atoms with Crippen LogP contribution in [-0.4, -0.2) is 63.3 Å². The molecular weight excluding hydrogens is 298 g/mol. The number of rotatable bonds is 2. The second-order valence-electron chi connectivity index (χ2n) is 5.55. The Balaban J connectivity index is 1.48. The molecule has 2 saturated heterocycles. The summed E-state index contributed by atoms with van der Waals surface area (Å²) in [4.78, 5) is 46.9. The molecule has 4 amide bonds. The first-order chi connectivity index (χ1) is 11.1. The summed E-state index contributed by atoms with van der Waals surface area (Å²) in [5.74, 6) is -0.381. The lowest BCUT2D eigenvalue weighted by Crippen LogP contribution is -2.62. The SMILES string of the molecule is O=C(c1ccc2nccnc2c1)N1CC(N2C(=O)CNC2=O)C1. The van der Waals surface area contributed by atoms with Crippen LogP contribution in [0.4, 0.5) is 4.79 Å². The van der Waals surface area contributed by atoms with Gasteiger partial charge in [-0.25, -0.2) is 4.79 Å². The van der Waals surface area contributed by atoms with Crippen LogP contribution < -0.4 is 5.32 Å². The number of nitrogens with zero attached hydrogens (tertiary/aromatic N) is 4. The minimum Gasteiger partial charge on any atom is -0.334 e. The lowest BCUT2D eigenvalue weighted by Gasteiger charge is -2.42. The molecule has 2 aliphatic rings. The quantitative estimate of drug-likeness (QED) is 0.788. The summed E-state index contributed by atoms with van der Waals surface area (Å²) in [5, 5.41) is 2.48. The molecule has 8 heteroatoms. The highest BCUT2D eigenvalue weighted by Crippen LogP contribution is 2.21. The molecule has 0 saturated carbocycles. The van der Waals surface area contributed by atoms with Gasteiger partial charge in [0.2, 0.25) is 5.91 Å². The van der Waals surface area contributed by atoms with E-state index in [1.165, 1.54) is 4.90 Å². The largest absolute Gasteiger partial charge is 0.334 e. The number of nitrogens with one attached hydrogen (secondary N) is 1. The number of hydrogen-bond acceptors (Lipinski definition) is 5. The van der Waals surface area contributed by atoms with Gasteiger partial charge >= 0.3 is 6.03 Å². The fourth-order valence-electron chi connectivity index (χ4n) is 2.87. The molecule has 0 atom stereocenters. The highest BCUT2D eigenvalue weighted by molar-refractivity contribution is 6.03. The van der Waals surface area contributed by atoms with E-state index in [1.54, 1.807) is 35.5 Å². The van der Waals surface area contributed by atoms with Crippen molar-refractivity contribution >= 4 is 28.9 Å². The Hall–Kier alpha value is -3.03. The summed E-state index contributed by atoms with van der Waals surface area (Å²) in [6.45, 7) is 0.750. The summed E-state index contributed by atoms with van der Waals surface area (Å²) < 4.78 is 0. The number of aromatic nitrogens is 2. The van der Waals surface area contributed by atoms with Crippen molar-refractivity contribution in [3.63, 3.8) is 0 Å². The summed E-state index contributed by atoms with van der Waals surface area (Å²) in [6, 6.07) is 4.54. The Morgan fingerprint density at radius 1 is 1.13 bits per heavy atom. The standard InChI is InChI=1S/C15H13N5O3/c21-13-6-18-15(23)20(13)10-7-19(8-10)14(22)9-1-2-11-12(5-9)17-4-3-16-11/h1-5,10H,6-8H2,(H,18,23). The summed E-state index contributed by atoms with van der Waals surface area (Å²) >= 11 is 0. The number of carbonyl (C=O) groups excluding carboxylic acids is 3. The van der Waals surface area contributed by atoms with E-state index >= 15 is 0 Å². The average molecular weight is 311 g/mol. The monoisotopic (exact) mass is 311 g/mol. The molecule has 0 spiro atoms. The lowest BCUT2D eigenvalue weighted by atomic mass is 10.0. The molecule has 2 fully saturated rings. The van der Waals surface area contributed by atoms with E-state index in [9.17, 15) is 14.4 Å². The van der Waals surface area contributed by atoms with Crippen LogP contribution in [0.2, 0.25) is 0 Å². The summed E-state index contributed by atoms with van der Waals surface area (Å²) in [5.41, 5.74) is 1.91. The Bertz CT molecular complexity index is 815. The third-order valence-corrected chi connectivity index (χ3v) is 4.11. The maximum absolute atomic E-state index is 12.5. The smallest absolute Gasteiger partial charge is 0.324 e. The third kappa shape index (κ3) is 2.19. The molecule has 1 aromatic heterocycles. The molecule has 0 bridgehead atoms. The normalized spacial score (nSPS) is 18.3. The van der Waals surface area contributed by atoms with E-state index in [-0.39, 0.29) is 30.4 Å². The number of amides is 4. The van der Waals surface area contributed by atoms with Gasteiger partial charge in [-0.1, -0.05) is 0 Å². The minimum absolute atomic E-state index is 0.0343. The Labute approximate surface area is 131 Å². The van der Waals surface area contributed by atoms with Crippen molar-refractivity contribution < 1.29 is 14.4 Å². The van der Waals surface area contributed by atoms with E-state index in [2.05, 4.69) is 15.3 Å². The number of urea groups is 1. The van der Waals surface area contributed by atoms with Gasteiger partial charge in [0.05, 0.1) is 23.6 Å². The molecule has 3 heterocycles. The Kier molecular flexibility index (Phi) is 2.97. The number of fused-ring (bicyclic) bond motifs is 1. The van der Waals surface area contributed by atoms with Crippen LogP contribution in [0.5, 0.6) is 0 Å². The number of carbonyl (C=O) groups is 3. The number of hydrogen-bond donors (Lipinski definition) is 1. The second-order valence-corrected chi connectivity index (χ2v) is 5.55. The van der Waals surface area contributed by atoms with E-state index < -0.39 is 0 Å². The molecule has 2 aromatic rings. The van der Waals surface area contributed by atoms with Crippen molar-refractivity contribution in [2.24, 2.45) is 0 Å². The van der Waals surface area contributed by atoms with Crippen LogP contribution >= 0.6 is 0 Å². The zero-order valence-corrected chi connectivity index (χ0v) is 12.1. The van der Waals surface area contributed by atoms with Crippen molar-refractivity contribution in [2.45, 2.75) is 6.04 Å². The molecule has 4 rings (SSSR count). The number of imide groups is 1. The molecular formula is C15H13N5O3. The van der Waals surface area contributed by atoms with E-state index in [0.717, 1.165) is 5.52 Å². The molecule has 116 valence electrons. The fraction of sp³-hybridized carbons (Fsp3) is 0.267. The summed E-state index contributed by atoms with van der Waals surface area (Å²) in [7, 11) is 0. The van der Waals surface area contributed by atoms with Gasteiger partial charge in [-0.3, -0.25) is 24.5 Å². The van der Waals surface area contributed by atoms with Crippen molar-refractivity contribution in [1.29, 1.82) is 0 Å². The summed E-state index contributed by atoms with van der Waals surface area (Å²) in [6.07, 6.45) is 3.18. The van der Waals surface area contributed by atoms with E-state index in [4.69, 9.17) is 0 Å². The number of likely N-dealkylation sites (tertiary alicyclic amines) is 1. The van der Waals surface area contributed by atoms with Crippen molar-refractivity contribution in [3.05, 3.63) is 36.2 Å². The first-order valence-electron chi connectivity index (χ1n) is 7.23. The van der Waals surface area contributed by atoms with Gasteiger partial charge < -0.3 is 10.2 Å². The lowest BCUT2D eigenvalue weighted by molar-refractivity contribution is -0.128. The van der Waals surface area contributed by atoms with Gasteiger partial charge in [0.15, 0.2) is 0 Å². The third-order valence-electron chi connectivity index (χ3n) is 4.11. The molecule has 0 radical (unpaired) electrons. The Morgan fingerprint density at radius 3 is 2.57 bits per heavy atom. The van der Waals surface area contributed by atoms with Crippen LogP contribution in [0.15, 0.2) is 30.6 Å². The van der Waals surface area contributed by atoms with Crippen LogP contribution in [0.25, 0.3) is 11.0 Å². The maximum Gasteiger partial charge on any atom is 0.324 e. The van der Waals surface area contributed by atoms with Crippen LogP contribution in [0, 0.1) is 0 Å². The first kappa shape index (κ1) is 13.6. The van der Waals surface area contributed by atoms with Gasteiger partial charge in [-0.05, 0) is 18.2 Å². The first-order valence-corrected chi connectivity index (χ1v) is 7.23. The predicted molar refractivity (Wildman–Crippen MR) is 79.5 cm³/mol. The van der Waals surface area contributed by atoms with Gasteiger partial charge in [0.25, 0.3) is 5.91 Å². The van der Waals surface area contributed by atoms with Crippen molar-refractivity contribution in [1.82, 2.24) is 25.1 Å². The highest BCUT2D eigenvalue weighted by Gasteiger charge is 2.43. The molecule has 0 aliphatic carbocycles.